The third-order valence-electron chi connectivity index (χ3n) is 2.26. The fourth-order valence-electron chi connectivity index (χ4n) is 1.51. The molecule has 0 saturated carbocycles. The molecule has 1 aromatic carbocycles. The van der Waals surface area contributed by atoms with E-state index >= 15 is 0 Å². The van der Waals surface area contributed by atoms with Crippen LogP contribution < -0.4 is 11.2 Å². The average molecular weight is 225 g/mol. The molecule has 0 saturated heterocycles. The second-order valence-electron chi connectivity index (χ2n) is 3.17. The minimum absolute atomic E-state index is 0.284. The van der Waals surface area contributed by atoms with Crippen molar-refractivity contribution in [2.24, 2.45) is 0 Å². The first-order chi connectivity index (χ1) is 7.13. The van der Waals surface area contributed by atoms with Crippen molar-refractivity contribution in [2.45, 2.75) is 13.5 Å². The van der Waals surface area contributed by atoms with Crippen molar-refractivity contribution in [3.05, 3.63) is 44.1 Å². The molecule has 1 aromatic heterocycles. The van der Waals surface area contributed by atoms with Crippen LogP contribution in [0.4, 0.5) is 0 Å². The molecule has 15 heavy (non-hydrogen) atoms. The number of benzene rings is 1. The molecular weight excluding hydrogens is 216 g/mol. The Balaban J connectivity index is 2.98. The number of fused-ring (bicyclic) bond motifs is 1. The van der Waals surface area contributed by atoms with Crippen LogP contribution in [0.5, 0.6) is 0 Å². The highest BCUT2D eigenvalue weighted by Crippen LogP contribution is 2.13. The van der Waals surface area contributed by atoms with Crippen LogP contribution in [0.3, 0.4) is 0 Å². The first-order valence-corrected chi connectivity index (χ1v) is 4.93. The molecule has 5 heteroatoms. The molecule has 0 unspecified atom stereocenters. The summed E-state index contributed by atoms with van der Waals surface area (Å²) in [6, 6.07) is 4.81. The number of halogens is 1. The van der Waals surface area contributed by atoms with Crippen molar-refractivity contribution in [1.82, 2.24) is 9.55 Å². The second-order valence-corrected chi connectivity index (χ2v) is 3.61. The summed E-state index contributed by atoms with van der Waals surface area (Å²) >= 11 is 5.77. The van der Waals surface area contributed by atoms with Gasteiger partial charge < -0.3 is 4.98 Å². The number of rotatable bonds is 1. The topological polar surface area (TPSA) is 54.9 Å². The highest BCUT2D eigenvalue weighted by molar-refractivity contribution is 6.31. The predicted molar refractivity (Wildman–Crippen MR) is 59.5 cm³/mol. The van der Waals surface area contributed by atoms with Gasteiger partial charge in [-0.1, -0.05) is 11.6 Å². The lowest BCUT2D eigenvalue weighted by Crippen LogP contribution is -2.34. The SMILES string of the molecule is CCn1c(=O)[nH]c2cc(Cl)ccc2c1=O. The van der Waals surface area contributed by atoms with Gasteiger partial charge in [0.1, 0.15) is 0 Å². The molecule has 0 aliphatic rings. The largest absolute Gasteiger partial charge is 0.328 e. The molecule has 0 fully saturated rings. The maximum absolute atomic E-state index is 11.8. The lowest BCUT2D eigenvalue weighted by Gasteiger charge is -2.02. The van der Waals surface area contributed by atoms with Gasteiger partial charge in [0.25, 0.3) is 5.56 Å². The fourth-order valence-corrected chi connectivity index (χ4v) is 1.69. The molecule has 1 heterocycles. The van der Waals surface area contributed by atoms with Crippen LogP contribution in [0.25, 0.3) is 10.9 Å². The molecule has 0 radical (unpaired) electrons. The summed E-state index contributed by atoms with van der Waals surface area (Å²) in [5, 5.41) is 0.965. The number of H-pyrrole nitrogens is 1. The van der Waals surface area contributed by atoms with Crippen LogP contribution in [-0.2, 0) is 6.54 Å². The van der Waals surface area contributed by atoms with Crippen molar-refractivity contribution in [3.8, 4) is 0 Å². The fraction of sp³-hybridized carbons (Fsp3) is 0.200. The summed E-state index contributed by atoms with van der Waals surface area (Å²) < 4.78 is 1.15. The quantitative estimate of drug-likeness (QED) is 0.795. The highest BCUT2D eigenvalue weighted by Gasteiger charge is 2.05. The molecule has 78 valence electrons. The molecule has 0 amide bonds. The van der Waals surface area contributed by atoms with Gasteiger partial charge in [-0.15, -0.1) is 0 Å². The van der Waals surface area contributed by atoms with E-state index in [0.29, 0.717) is 22.5 Å². The Morgan fingerprint density at radius 2 is 2.13 bits per heavy atom. The van der Waals surface area contributed by atoms with Gasteiger partial charge in [-0.2, -0.15) is 0 Å². The number of nitrogens with zero attached hydrogens (tertiary/aromatic N) is 1. The molecule has 2 aromatic rings. The molecular formula is C10H9ClN2O2. The number of nitrogens with one attached hydrogen (secondary N) is 1. The first kappa shape index (κ1) is 9.98. The minimum Gasteiger partial charge on any atom is -0.307 e. The smallest absolute Gasteiger partial charge is 0.307 e. The van der Waals surface area contributed by atoms with Gasteiger partial charge >= 0.3 is 5.69 Å². The maximum Gasteiger partial charge on any atom is 0.328 e. The summed E-state index contributed by atoms with van der Waals surface area (Å²) in [4.78, 5) is 25.9. The van der Waals surface area contributed by atoms with E-state index in [1.165, 1.54) is 0 Å². The molecule has 0 aliphatic heterocycles. The molecule has 0 aliphatic carbocycles. The van der Waals surface area contributed by atoms with Crippen LogP contribution in [0, 0.1) is 0 Å². The van der Waals surface area contributed by atoms with Gasteiger partial charge in [-0.05, 0) is 25.1 Å². The standard InChI is InChI=1S/C10H9ClN2O2/c1-2-13-9(14)7-4-3-6(11)5-8(7)12-10(13)15/h3-5H,2H2,1H3,(H,12,15). The van der Waals surface area contributed by atoms with Gasteiger partial charge in [0, 0.05) is 11.6 Å². The second kappa shape index (κ2) is 3.55. The summed E-state index contributed by atoms with van der Waals surface area (Å²) in [5.74, 6) is 0. The lowest BCUT2D eigenvalue weighted by atomic mass is 10.2. The Kier molecular flexibility index (Phi) is 2.36. The molecule has 4 nitrogen and oxygen atoms in total. The number of hydrogen-bond acceptors (Lipinski definition) is 2. The molecule has 0 spiro atoms. The summed E-state index contributed by atoms with van der Waals surface area (Å²) in [7, 11) is 0. The van der Waals surface area contributed by atoms with Gasteiger partial charge in [0.2, 0.25) is 0 Å². The average Bonchev–Trinajstić information content (AvgIpc) is 2.17. The molecule has 0 atom stereocenters. The van der Waals surface area contributed by atoms with Crippen LogP contribution >= 0.6 is 11.6 Å². The summed E-state index contributed by atoms with van der Waals surface area (Å²) in [6.45, 7) is 2.10. The van der Waals surface area contributed by atoms with Gasteiger partial charge in [0.15, 0.2) is 0 Å². The maximum atomic E-state index is 11.8. The number of aromatic amines is 1. The van der Waals surface area contributed by atoms with E-state index in [9.17, 15) is 9.59 Å². The number of aromatic nitrogens is 2. The Morgan fingerprint density at radius 1 is 1.40 bits per heavy atom. The highest BCUT2D eigenvalue weighted by atomic mass is 35.5. The number of hydrogen-bond donors (Lipinski definition) is 1. The Hall–Kier alpha value is -1.55. The lowest BCUT2D eigenvalue weighted by molar-refractivity contribution is 0.684. The van der Waals surface area contributed by atoms with Crippen LogP contribution in [0.1, 0.15) is 6.92 Å². The van der Waals surface area contributed by atoms with E-state index < -0.39 is 5.69 Å². The van der Waals surface area contributed by atoms with E-state index in [2.05, 4.69) is 4.98 Å². The summed E-state index contributed by atoms with van der Waals surface area (Å²) in [5.41, 5.74) is -0.215. The zero-order valence-corrected chi connectivity index (χ0v) is 8.84. The Morgan fingerprint density at radius 3 is 2.80 bits per heavy atom. The zero-order chi connectivity index (χ0) is 11.0. The molecule has 1 N–H and O–H groups in total. The normalized spacial score (nSPS) is 10.8. The first-order valence-electron chi connectivity index (χ1n) is 4.56. The van der Waals surface area contributed by atoms with E-state index in [-0.39, 0.29) is 5.56 Å². The van der Waals surface area contributed by atoms with E-state index in [4.69, 9.17) is 11.6 Å². The van der Waals surface area contributed by atoms with Crippen molar-refractivity contribution in [1.29, 1.82) is 0 Å². The van der Waals surface area contributed by atoms with Crippen molar-refractivity contribution < 1.29 is 0 Å². The Labute approximate surface area is 90.1 Å². The van der Waals surface area contributed by atoms with Crippen molar-refractivity contribution >= 4 is 22.5 Å². The van der Waals surface area contributed by atoms with E-state index in [1.54, 1.807) is 25.1 Å². The third-order valence-corrected chi connectivity index (χ3v) is 2.50. The van der Waals surface area contributed by atoms with Gasteiger partial charge in [0.05, 0.1) is 10.9 Å². The Bertz CT molecular complexity index is 627. The zero-order valence-electron chi connectivity index (χ0n) is 8.08. The summed E-state index contributed by atoms with van der Waals surface area (Å²) in [6.07, 6.45) is 0. The van der Waals surface area contributed by atoms with E-state index in [0.717, 1.165) is 4.57 Å². The minimum atomic E-state index is -0.405. The van der Waals surface area contributed by atoms with E-state index in [1.807, 2.05) is 0 Å². The van der Waals surface area contributed by atoms with Gasteiger partial charge in [-0.25, -0.2) is 4.79 Å². The molecule has 0 bridgehead atoms. The monoisotopic (exact) mass is 224 g/mol. The molecule has 2 rings (SSSR count). The van der Waals surface area contributed by atoms with Crippen LogP contribution in [0.2, 0.25) is 5.02 Å². The van der Waals surface area contributed by atoms with Gasteiger partial charge in [-0.3, -0.25) is 9.36 Å². The predicted octanol–water partition coefficient (Wildman–Crippen LogP) is 1.36. The van der Waals surface area contributed by atoms with Crippen molar-refractivity contribution in [2.75, 3.05) is 0 Å². The van der Waals surface area contributed by atoms with Crippen molar-refractivity contribution in [3.63, 3.8) is 0 Å². The third kappa shape index (κ3) is 1.57. The van der Waals surface area contributed by atoms with Crippen LogP contribution in [0.15, 0.2) is 27.8 Å². The van der Waals surface area contributed by atoms with Crippen LogP contribution in [-0.4, -0.2) is 9.55 Å².